The number of rotatable bonds is 4. The van der Waals surface area contributed by atoms with Gasteiger partial charge in [-0.3, -0.25) is 19.7 Å². The molecule has 8 heteroatoms. The van der Waals surface area contributed by atoms with Crippen molar-refractivity contribution in [2.75, 3.05) is 29.9 Å². The molecule has 8 nitrogen and oxygen atoms in total. The van der Waals surface area contributed by atoms with Crippen molar-refractivity contribution in [3.63, 3.8) is 0 Å². The lowest BCUT2D eigenvalue weighted by atomic mass is 10.0. The van der Waals surface area contributed by atoms with Gasteiger partial charge in [-0.2, -0.15) is 5.10 Å². The summed E-state index contributed by atoms with van der Waals surface area (Å²) in [6.07, 6.45) is 6.96. The number of nitrogens with zero attached hydrogens (tertiary/aromatic N) is 5. The van der Waals surface area contributed by atoms with E-state index in [1.165, 1.54) is 0 Å². The Balaban J connectivity index is 1.45. The van der Waals surface area contributed by atoms with Crippen molar-refractivity contribution >= 4 is 23.2 Å². The third-order valence-electron chi connectivity index (χ3n) is 6.54. The van der Waals surface area contributed by atoms with Gasteiger partial charge in [-0.05, 0) is 43.9 Å². The molecule has 31 heavy (non-hydrogen) atoms. The average Bonchev–Trinajstić information content (AvgIpc) is 3.36. The minimum atomic E-state index is -0.0432. The molecule has 1 aliphatic carbocycles. The van der Waals surface area contributed by atoms with E-state index in [-0.39, 0.29) is 23.8 Å². The fraction of sp³-hybridized carbons (Fsp3) is 0.522. The van der Waals surface area contributed by atoms with E-state index in [1.54, 1.807) is 6.92 Å². The maximum atomic E-state index is 13.0. The van der Waals surface area contributed by atoms with Crippen LogP contribution in [0, 0.1) is 5.92 Å². The molecule has 5 rings (SSSR count). The monoisotopic (exact) mass is 422 g/mol. The molecule has 0 radical (unpaired) electrons. The largest absolute Gasteiger partial charge is 0.308 e. The lowest BCUT2D eigenvalue weighted by Crippen LogP contribution is -2.51. The zero-order valence-electron chi connectivity index (χ0n) is 18.4. The highest BCUT2D eigenvalue weighted by molar-refractivity contribution is 6.06. The molecule has 1 N–H and O–H groups in total. The van der Waals surface area contributed by atoms with E-state index >= 15 is 0 Å². The summed E-state index contributed by atoms with van der Waals surface area (Å²) in [6, 6.07) is 6.38. The molecule has 2 aliphatic heterocycles. The van der Waals surface area contributed by atoms with E-state index in [9.17, 15) is 9.59 Å². The molecule has 164 valence electrons. The van der Waals surface area contributed by atoms with E-state index in [1.807, 2.05) is 45.8 Å². The number of amides is 2. The van der Waals surface area contributed by atoms with Crippen LogP contribution in [0.25, 0.3) is 11.1 Å². The molecule has 2 fully saturated rings. The second-order valence-corrected chi connectivity index (χ2v) is 9.15. The number of fused-ring (bicyclic) bond motifs is 1. The number of carbonyl (C=O) groups is 2. The van der Waals surface area contributed by atoms with Crippen LogP contribution in [0.2, 0.25) is 0 Å². The van der Waals surface area contributed by atoms with Crippen LogP contribution in [0.5, 0.6) is 0 Å². The first-order valence-corrected chi connectivity index (χ1v) is 11.2. The van der Waals surface area contributed by atoms with Gasteiger partial charge in [0.2, 0.25) is 11.8 Å². The van der Waals surface area contributed by atoms with Crippen molar-refractivity contribution in [2.45, 2.75) is 51.7 Å². The molecule has 1 unspecified atom stereocenters. The summed E-state index contributed by atoms with van der Waals surface area (Å²) in [5, 5.41) is 6.67. The fourth-order valence-corrected chi connectivity index (χ4v) is 4.80. The Labute approximate surface area is 182 Å². The van der Waals surface area contributed by atoms with Crippen LogP contribution in [0.1, 0.15) is 33.1 Å². The molecule has 1 saturated carbocycles. The Morgan fingerprint density at radius 2 is 1.97 bits per heavy atom. The zero-order chi connectivity index (χ0) is 21.7. The summed E-state index contributed by atoms with van der Waals surface area (Å²) in [7, 11) is 2.06. The van der Waals surface area contributed by atoms with E-state index < -0.39 is 0 Å². The lowest BCUT2D eigenvalue weighted by Gasteiger charge is -2.41. The Bertz CT molecular complexity index is 1010. The predicted molar refractivity (Wildman–Crippen MR) is 120 cm³/mol. The molecule has 0 bridgehead atoms. The van der Waals surface area contributed by atoms with Crippen LogP contribution in [0.3, 0.4) is 0 Å². The standard InChI is InChI=1S/C23H30N6O2/c1-15-12-28(23(31)17-4-5-17)22-10-18(6-7-21(22)29(15)16(2)30)19-11-24-27(13-19)14-20-8-9-26(3)25-20/h6-7,10-11,13,15,17,20,25H,4-5,8-9,12,14H2,1-3H3/t15-,20?/m0/s1. The number of anilines is 2. The molecular formula is C23H30N6O2. The first-order valence-electron chi connectivity index (χ1n) is 11.2. The maximum Gasteiger partial charge on any atom is 0.230 e. The minimum absolute atomic E-state index is 0.00173. The Morgan fingerprint density at radius 1 is 1.16 bits per heavy atom. The van der Waals surface area contributed by atoms with Gasteiger partial charge in [0.25, 0.3) is 0 Å². The number of hydrogen-bond donors (Lipinski definition) is 1. The third-order valence-corrected chi connectivity index (χ3v) is 6.54. The van der Waals surface area contributed by atoms with E-state index in [2.05, 4.69) is 28.8 Å². The minimum Gasteiger partial charge on any atom is -0.308 e. The second-order valence-electron chi connectivity index (χ2n) is 9.15. The van der Waals surface area contributed by atoms with Gasteiger partial charge in [-0.25, -0.2) is 5.01 Å². The normalized spacial score (nSPS) is 23.8. The highest BCUT2D eigenvalue weighted by Gasteiger charge is 2.39. The number of hydrogen-bond acceptors (Lipinski definition) is 5. The van der Waals surface area contributed by atoms with Crippen molar-refractivity contribution < 1.29 is 9.59 Å². The average molecular weight is 423 g/mol. The predicted octanol–water partition coefficient (Wildman–Crippen LogP) is 2.26. The molecular weight excluding hydrogens is 392 g/mol. The van der Waals surface area contributed by atoms with E-state index in [0.717, 1.165) is 54.9 Å². The summed E-state index contributed by atoms with van der Waals surface area (Å²) in [4.78, 5) is 29.1. The Hall–Kier alpha value is -2.71. The number of hydrazine groups is 1. The van der Waals surface area contributed by atoms with Crippen LogP contribution in [-0.2, 0) is 16.1 Å². The number of carbonyl (C=O) groups excluding carboxylic acids is 2. The van der Waals surface area contributed by atoms with Crippen molar-refractivity contribution in [3.05, 3.63) is 30.6 Å². The SMILES string of the molecule is CC(=O)N1c2ccc(-c3cnn(CC4CCN(C)N4)c3)cc2N(C(=O)C2CC2)C[C@@H]1C. The number of nitrogens with one attached hydrogen (secondary N) is 1. The maximum absolute atomic E-state index is 13.0. The Morgan fingerprint density at radius 3 is 2.65 bits per heavy atom. The highest BCUT2D eigenvalue weighted by Crippen LogP contribution is 2.42. The van der Waals surface area contributed by atoms with E-state index in [4.69, 9.17) is 0 Å². The van der Waals surface area contributed by atoms with Crippen LogP contribution < -0.4 is 15.2 Å². The molecule has 1 aromatic heterocycles. The van der Waals surface area contributed by atoms with Gasteiger partial charge >= 0.3 is 0 Å². The zero-order valence-corrected chi connectivity index (χ0v) is 18.4. The van der Waals surface area contributed by atoms with Gasteiger partial charge in [0.05, 0.1) is 30.2 Å². The quantitative estimate of drug-likeness (QED) is 0.818. The van der Waals surface area contributed by atoms with Gasteiger partial charge in [0.15, 0.2) is 0 Å². The van der Waals surface area contributed by atoms with Gasteiger partial charge in [0.1, 0.15) is 0 Å². The summed E-state index contributed by atoms with van der Waals surface area (Å²) < 4.78 is 1.97. The van der Waals surface area contributed by atoms with E-state index in [0.29, 0.717) is 12.6 Å². The molecule has 3 heterocycles. The van der Waals surface area contributed by atoms with Gasteiger partial charge in [0, 0.05) is 50.8 Å². The van der Waals surface area contributed by atoms with Crippen molar-refractivity contribution in [3.8, 4) is 11.1 Å². The molecule has 1 aromatic carbocycles. The van der Waals surface area contributed by atoms with Crippen LogP contribution in [0.4, 0.5) is 11.4 Å². The highest BCUT2D eigenvalue weighted by atomic mass is 16.2. The fourth-order valence-electron chi connectivity index (χ4n) is 4.80. The first kappa shape index (κ1) is 20.2. The van der Waals surface area contributed by atoms with Crippen LogP contribution >= 0.6 is 0 Å². The van der Waals surface area contributed by atoms with Crippen LogP contribution in [-0.4, -0.2) is 58.8 Å². The van der Waals surface area contributed by atoms with Crippen molar-refractivity contribution in [2.24, 2.45) is 5.92 Å². The smallest absolute Gasteiger partial charge is 0.230 e. The van der Waals surface area contributed by atoms with Gasteiger partial charge in [-0.15, -0.1) is 0 Å². The molecule has 2 aromatic rings. The Kier molecular flexibility index (Phi) is 5.06. The number of aromatic nitrogens is 2. The summed E-state index contributed by atoms with van der Waals surface area (Å²) in [5.74, 6) is 0.315. The number of benzene rings is 1. The summed E-state index contributed by atoms with van der Waals surface area (Å²) in [5.41, 5.74) is 7.10. The molecule has 3 aliphatic rings. The van der Waals surface area contributed by atoms with Crippen molar-refractivity contribution in [1.82, 2.24) is 20.2 Å². The molecule has 0 spiro atoms. The third kappa shape index (κ3) is 3.85. The topological polar surface area (TPSA) is 73.7 Å². The summed E-state index contributed by atoms with van der Waals surface area (Å²) >= 11 is 0. The second kappa shape index (κ2) is 7.76. The summed E-state index contributed by atoms with van der Waals surface area (Å²) in [6.45, 7) is 5.98. The molecule has 1 saturated heterocycles. The lowest BCUT2D eigenvalue weighted by molar-refractivity contribution is -0.120. The van der Waals surface area contributed by atoms with Crippen LogP contribution in [0.15, 0.2) is 30.6 Å². The van der Waals surface area contributed by atoms with Gasteiger partial charge in [-0.1, -0.05) is 6.07 Å². The first-order chi connectivity index (χ1) is 14.9. The molecule has 2 amide bonds. The van der Waals surface area contributed by atoms with Gasteiger partial charge < -0.3 is 9.80 Å². The molecule has 2 atom stereocenters. The van der Waals surface area contributed by atoms with Crippen molar-refractivity contribution in [1.29, 1.82) is 0 Å².